The minimum Gasteiger partial charge on any atom is -0.360 e. The van der Waals surface area contributed by atoms with E-state index in [0.717, 1.165) is 5.56 Å². The molecule has 0 fully saturated rings. The Labute approximate surface area is 144 Å². The number of nitrogens with one attached hydrogen (secondary N) is 2. The fourth-order valence-electron chi connectivity index (χ4n) is 2.21. The summed E-state index contributed by atoms with van der Waals surface area (Å²) in [5.74, 6) is 0.0792. The standard InChI is InChI=1S/C18H16N4O3/c1-11-5-3-4-6-14(11)20-17(23)13-7-8-19-15(10-13)18(24)21-16-9-12(2)25-22-16/h3-10H,1-2H3,(H,20,23)(H,21,22,24). The van der Waals surface area contributed by atoms with Crippen LogP contribution in [0.3, 0.4) is 0 Å². The molecule has 2 heterocycles. The SMILES string of the molecule is Cc1cc(NC(=O)c2cc(C(=O)Nc3ccccc3C)ccn2)no1. The molecule has 7 heteroatoms. The van der Waals surface area contributed by atoms with Crippen molar-refractivity contribution in [3.63, 3.8) is 0 Å². The fourth-order valence-corrected chi connectivity index (χ4v) is 2.21. The van der Waals surface area contributed by atoms with E-state index in [0.29, 0.717) is 22.8 Å². The highest BCUT2D eigenvalue weighted by atomic mass is 16.5. The first-order chi connectivity index (χ1) is 12.0. The molecule has 0 aliphatic rings. The Balaban J connectivity index is 1.75. The van der Waals surface area contributed by atoms with Crippen LogP contribution < -0.4 is 10.6 Å². The van der Waals surface area contributed by atoms with Gasteiger partial charge in [-0.05, 0) is 37.6 Å². The Bertz CT molecular complexity index is 933. The molecule has 0 spiro atoms. The van der Waals surface area contributed by atoms with Crippen molar-refractivity contribution >= 4 is 23.3 Å². The van der Waals surface area contributed by atoms with Crippen molar-refractivity contribution < 1.29 is 14.1 Å². The van der Waals surface area contributed by atoms with Gasteiger partial charge in [0.15, 0.2) is 5.82 Å². The molecule has 0 aliphatic carbocycles. The van der Waals surface area contributed by atoms with E-state index in [2.05, 4.69) is 20.8 Å². The Kier molecular flexibility index (Phi) is 4.56. The van der Waals surface area contributed by atoms with Gasteiger partial charge in [0.05, 0.1) is 0 Å². The predicted octanol–water partition coefficient (Wildman–Crippen LogP) is 3.19. The second-order valence-electron chi connectivity index (χ2n) is 5.48. The van der Waals surface area contributed by atoms with Crippen molar-refractivity contribution in [3.05, 3.63) is 71.2 Å². The second kappa shape index (κ2) is 6.96. The monoisotopic (exact) mass is 336 g/mol. The molecule has 0 saturated carbocycles. The van der Waals surface area contributed by atoms with Crippen LogP contribution in [0.1, 0.15) is 32.2 Å². The molecule has 1 aromatic carbocycles. The average Bonchev–Trinajstić information content (AvgIpc) is 3.02. The smallest absolute Gasteiger partial charge is 0.275 e. The molecule has 7 nitrogen and oxygen atoms in total. The van der Waals surface area contributed by atoms with Gasteiger partial charge in [0.2, 0.25) is 0 Å². The van der Waals surface area contributed by atoms with Crippen molar-refractivity contribution in [1.29, 1.82) is 0 Å². The second-order valence-corrected chi connectivity index (χ2v) is 5.48. The number of benzene rings is 1. The van der Waals surface area contributed by atoms with E-state index in [4.69, 9.17) is 4.52 Å². The first-order valence-corrected chi connectivity index (χ1v) is 7.60. The van der Waals surface area contributed by atoms with Crippen LogP contribution >= 0.6 is 0 Å². The molecule has 0 radical (unpaired) electrons. The first kappa shape index (κ1) is 16.4. The van der Waals surface area contributed by atoms with Crippen molar-refractivity contribution in [2.75, 3.05) is 10.6 Å². The van der Waals surface area contributed by atoms with Crippen LogP contribution in [-0.2, 0) is 0 Å². The lowest BCUT2D eigenvalue weighted by atomic mass is 10.1. The highest BCUT2D eigenvalue weighted by Crippen LogP contribution is 2.15. The van der Waals surface area contributed by atoms with Gasteiger partial charge in [0.25, 0.3) is 11.8 Å². The molecule has 0 atom stereocenters. The number of pyridine rings is 1. The molecule has 3 aromatic rings. The maximum atomic E-state index is 12.4. The predicted molar refractivity (Wildman–Crippen MR) is 92.6 cm³/mol. The molecule has 126 valence electrons. The normalized spacial score (nSPS) is 10.3. The third-order valence-electron chi connectivity index (χ3n) is 3.52. The van der Waals surface area contributed by atoms with Crippen molar-refractivity contribution in [2.45, 2.75) is 13.8 Å². The molecule has 2 aromatic heterocycles. The molecule has 0 unspecified atom stereocenters. The zero-order valence-electron chi connectivity index (χ0n) is 13.7. The van der Waals surface area contributed by atoms with Gasteiger partial charge >= 0.3 is 0 Å². The summed E-state index contributed by atoms with van der Waals surface area (Å²) in [5, 5.41) is 9.08. The highest BCUT2D eigenvalue weighted by molar-refractivity contribution is 6.07. The van der Waals surface area contributed by atoms with Crippen LogP contribution in [0.2, 0.25) is 0 Å². The summed E-state index contributed by atoms with van der Waals surface area (Å²) >= 11 is 0. The van der Waals surface area contributed by atoms with Crippen molar-refractivity contribution in [2.24, 2.45) is 0 Å². The maximum Gasteiger partial charge on any atom is 0.275 e. The van der Waals surface area contributed by atoms with Crippen molar-refractivity contribution in [3.8, 4) is 0 Å². The van der Waals surface area contributed by atoms with Crippen LogP contribution in [0.25, 0.3) is 0 Å². The van der Waals surface area contributed by atoms with Gasteiger partial charge in [0, 0.05) is 23.5 Å². The Morgan fingerprint density at radius 1 is 1.00 bits per heavy atom. The third-order valence-corrected chi connectivity index (χ3v) is 3.52. The maximum absolute atomic E-state index is 12.4. The van der Waals surface area contributed by atoms with Crippen LogP contribution in [0.4, 0.5) is 11.5 Å². The quantitative estimate of drug-likeness (QED) is 0.762. The number of anilines is 2. The van der Waals surface area contributed by atoms with Crippen LogP contribution in [0, 0.1) is 13.8 Å². The van der Waals surface area contributed by atoms with Crippen LogP contribution in [-0.4, -0.2) is 22.0 Å². The van der Waals surface area contributed by atoms with E-state index in [1.54, 1.807) is 19.1 Å². The summed E-state index contributed by atoms with van der Waals surface area (Å²) in [5.41, 5.74) is 2.11. The number of hydrogen-bond donors (Lipinski definition) is 2. The first-order valence-electron chi connectivity index (χ1n) is 7.60. The zero-order valence-corrected chi connectivity index (χ0v) is 13.7. The van der Waals surface area contributed by atoms with Gasteiger partial charge < -0.3 is 15.2 Å². The Hall–Kier alpha value is -3.48. The topological polar surface area (TPSA) is 97.1 Å². The Morgan fingerprint density at radius 2 is 1.80 bits per heavy atom. The lowest BCUT2D eigenvalue weighted by Crippen LogP contribution is -2.17. The number of carbonyl (C=O) groups is 2. The molecular formula is C18H16N4O3. The number of para-hydroxylation sites is 1. The van der Waals surface area contributed by atoms with E-state index in [1.807, 2.05) is 31.2 Å². The summed E-state index contributed by atoms with van der Waals surface area (Å²) < 4.78 is 4.89. The van der Waals surface area contributed by atoms with Crippen LogP contribution in [0.5, 0.6) is 0 Å². The van der Waals surface area contributed by atoms with E-state index < -0.39 is 5.91 Å². The number of carbonyl (C=O) groups excluding carboxylic acids is 2. The summed E-state index contributed by atoms with van der Waals surface area (Å²) in [6.45, 7) is 3.62. The largest absolute Gasteiger partial charge is 0.360 e. The molecular weight excluding hydrogens is 320 g/mol. The average molecular weight is 336 g/mol. The number of amides is 2. The minimum atomic E-state index is -0.473. The summed E-state index contributed by atoms with van der Waals surface area (Å²) in [7, 11) is 0. The zero-order chi connectivity index (χ0) is 17.8. The summed E-state index contributed by atoms with van der Waals surface area (Å²) in [6.07, 6.45) is 1.41. The van der Waals surface area contributed by atoms with Gasteiger partial charge in [-0.25, -0.2) is 0 Å². The number of aryl methyl sites for hydroxylation is 2. The molecule has 2 N–H and O–H groups in total. The third kappa shape index (κ3) is 3.89. The lowest BCUT2D eigenvalue weighted by Gasteiger charge is -2.08. The van der Waals surface area contributed by atoms with Crippen LogP contribution in [0.15, 0.2) is 53.2 Å². The molecule has 0 aliphatic heterocycles. The highest BCUT2D eigenvalue weighted by Gasteiger charge is 2.14. The number of aromatic nitrogens is 2. The van der Waals surface area contributed by atoms with E-state index in [-0.39, 0.29) is 11.6 Å². The number of hydrogen-bond acceptors (Lipinski definition) is 5. The van der Waals surface area contributed by atoms with Gasteiger partial charge in [-0.3, -0.25) is 14.6 Å². The number of rotatable bonds is 4. The summed E-state index contributed by atoms with van der Waals surface area (Å²) in [6, 6.07) is 12.0. The van der Waals surface area contributed by atoms with Gasteiger partial charge in [0.1, 0.15) is 11.5 Å². The Morgan fingerprint density at radius 3 is 2.52 bits per heavy atom. The van der Waals surface area contributed by atoms with Gasteiger partial charge in [-0.15, -0.1) is 0 Å². The lowest BCUT2D eigenvalue weighted by molar-refractivity contribution is 0.102. The minimum absolute atomic E-state index is 0.109. The van der Waals surface area contributed by atoms with E-state index in [1.165, 1.54) is 12.3 Å². The molecule has 3 rings (SSSR count). The molecule has 0 saturated heterocycles. The van der Waals surface area contributed by atoms with E-state index in [9.17, 15) is 9.59 Å². The fraction of sp³-hybridized carbons (Fsp3) is 0.111. The molecule has 0 bridgehead atoms. The van der Waals surface area contributed by atoms with Crippen molar-refractivity contribution in [1.82, 2.24) is 10.1 Å². The number of nitrogens with zero attached hydrogens (tertiary/aromatic N) is 2. The summed E-state index contributed by atoms with van der Waals surface area (Å²) in [4.78, 5) is 28.6. The van der Waals surface area contributed by atoms with Gasteiger partial charge in [-0.2, -0.15) is 0 Å². The van der Waals surface area contributed by atoms with Gasteiger partial charge in [-0.1, -0.05) is 23.4 Å². The van der Waals surface area contributed by atoms with E-state index >= 15 is 0 Å². The molecule has 25 heavy (non-hydrogen) atoms. The molecule has 2 amide bonds.